The quantitative estimate of drug-likeness (QED) is 0.704. The van der Waals surface area contributed by atoms with E-state index in [0.29, 0.717) is 30.4 Å². The van der Waals surface area contributed by atoms with Crippen molar-refractivity contribution in [2.45, 2.75) is 45.6 Å². The summed E-state index contributed by atoms with van der Waals surface area (Å²) in [4.78, 5) is 15.1. The number of benzene rings is 2. The van der Waals surface area contributed by atoms with E-state index in [0.717, 1.165) is 29.2 Å². The summed E-state index contributed by atoms with van der Waals surface area (Å²) in [5.41, 5.74) is 2.98. The van der Waals surface area contributed by atoms with E-state index in [2.05, 4.69) is 6.07 Å². The molecule has 0 N–H and O–H groups in total. The van der Waals surface area contributed by atoms with E-state index < -0.39 is 0 Å². The molecule has 0 heterocycles. The molecule has 2 aromatic rings. The number of rotatable bonds is 5. The van der Waals surface area contributed by atoms with Crippen LogP contribution < -0.4 is 4.90 Å². The third kappa shape index (κ3) is 3.80. The molecule has 0 aromatic heterocycles. The van der Waals surface area contributed by atoms with E-state index in [9.17, 15) is 14.4 Å². The summed E-state index contributed by atoms with van der Waals surface area (Å²) in [7, 11) is 0. The highest BCUT2D eigenvalue weighted by Crippen LogP contribution is 2.49. The molecular weight excluding hydrogens is 351 g/mol. The van der Waals surface area contributed by atoms with Crippen LogP contribution in [0.5, 0.6) is 0 Å². The number of carbonyl (C=O) groups is 1. The van der Waals surface area contributed by atoms with Crippen LogP contribution in [0.2, 0.25) is 0 Å². The first kappa shape index (κ1) is 18.7. The van der Waals surface area contributed by atoms with Crippen LogP contribution >= 0.6 is 0 Å². The summed E-state index contributed by atoms with van der Waals surface area (Å²) in [5, 5.41) is 9.17. The molecule has 28 heavy (non-hydrogen) atoms. The lowest BCUT2D eigenvalue weighted by Crippen LogP contribution is -2.33. The molecule has 3 nitrogen and oxygen atoms in total. The highest BCUT2D eigenvalue weighted by atomic mass is 19.1. The van der Waals surface area contributed by atoms with Crippen LogP contribution in [0.1, 0.15) is 48.8 Å². The van der Waals surface area contributed by atoms with Crippen LogP contribution in [0, 0.1) is 41.8 Å². The molecule has 2 fully saturated rings. The fourth-order valence-corrected chi connectivity index (χ4v) is 5.11. The number of halogens is 1. The Morgan fingerprint density at radius 1 is 1.21 bits per heavy atom. The zero-order valence-electron chi connectivity index (χ0n) is 16.2. The van der Waals surface area contributed by atoms with Gasteiger partial charge in [0, 0.05) is 12.1 Å². The summed E-state index contributed by atoms with van der Waals surface area (Å²) in [5.74, 6) is 1.76. The van der Waals surface area contributed by atoms with Gasteiger partial charge in [0.2, 0.25) is 5.91 Å². The summed E-state index contributed by atoms with van der Waals surface area (Å²) >= 11 is 0. The number of aryl methyl sites for hydroxylation is 1. The topological polar surface area (TPSA) is 44.1 Å². The molecule has 2 aromatic carbocycles. The van der Waals surface area contributed by atoms with E-state index in [4.69, 9.17) is 0 Å². The first-order valence-electron chi connectivity index (χ1n) is 10.1. The zero-order chi connectivity index (χ0) is 19.7. The van der Waals surface area contributed by atoms with Crippen molar-refractivity contribution in [2.75, 3.05) is 4.90 Å². The average Bonchev–Trinajstić information content (AvgIpc) is 3.30. The molecule has 144 valence electrons. The Morgan fingerprint density at radius 3 is 2.75 bits per heavy atom. The van der Waals surface area contributed by atoms with E-state index >= 15 is 0 Å². The van der Waals surface area contributed by atoms with Crippen molar-refractivity contribution in [1.82, 2.24) is 0 Å². The Labute approximate surface area is 165 Å². The number of fused-ring (bicyclic) bond motifs is 2. The Morgan fingerprint density at radius 2 is 2.07 bits per heavy atom. The van der Waals surface area contributed by atoms with Crippen LogP contribution in [-0.2, 0) is 11.3 Å². The minimum absolute atomic E-state index is 0.0922. The maximum atomic E-state index is 13.6. The number of hydrogen-bond acceptors (Lipinski definition) is 2. The van der Waals surface area contributed by atoms with Crippen molar-refractivity contribution >= 4 is 11.6 Å². The number of anilines is 1. The number of nitriles is 1. The Kier molecular flexibility index (Phi) is 5.17. The van der Waals surface area contributed by atoms with E-state index in [1.807, 2.05) is 25.1 Å². The molecule has 4 rings (SSSR count). The maximum absolute atomic E-state index is 13.6. The highest BCUT2D eigenvalue weighted by Gasteiger charge is 2.40. The summed E-state index contributed by atoms with van der Waals surface area (Å²) in [6.07, 6.45) is 5.56. The first-order chi connectivity index (χ1) is 13.5. The van der Waals surface area contributed by atoms with Gasteiger partial charge < -0.3 is 4.90 Å². The zero-order valence-corrected chi connectivity index (χ0v) is 16.2. The lowest BCUT2D eigenvalue weighted by Gasteiger charge is -2.28. The van der Waals surface area contributed by atoms with Crippen molar-refractivity contribution in [1.29, 1.82) is 5.26 Å². The molecule has 0 spiro atoms. The van der Waals surface area contributed by atoms with Crippen LogP contribution in [0.3, 0.4) is 0 Å². The predicted molar refractivity (Wildman–Crippen MR) is 107 cm³/mol. The van der Waals surface area contributed by atoms with Crippen molar-refractivity contribution in [2.24, 2.45) is 17.8 Å². The summed E-state index contributed by atoms with van der Waals surface area (Å²) in [6, 6.07) is 14.1. The Bertz CT molecular complexity index is 932. The monoisotopic (exact) mass is 376 g/mol. The number of nitrogens with zero attached hydrogens (tertiary/aromatic N) is 2. The van der Waals surface area contributed by atoms with Crippen LogP contribution in [0.4, 0.5) is 10.1 Å². The van der Waals surface area contributed by atoms with Gasteiger partial charge in [-0.15, -0.1) is 0 Å². The molecule has 0 aliphatic heterocycles. The Hall–Kier alpha value is -2.67. The van der Waals surface area contributed by atoms with Crippen molar-refractivity contribution in [3.8, 4) is 6.07 Å². The molecule has 3 atom stereocenters. The van der Waals surface area contributed by atoms with Gasteiger partial charge in [0.1, 0.15) is 5.82 Å². The molecule has 0 saturated heterocycles. The van der Waals surface area contributed by atoms with Gasteiger partial charge in [0.25, 0.3) is 0 Å². The van der Waals surface area contributed by atoms with Gasteiger partial charge in [-0.3, -0.25) is 4.79 Å². The van der Waals surface area contributed by atoms with E-state index in [1.54, 1.807) is 17.0 Å². The standard InChI is InChI=1S/C24H25FN2O/c1-16-9-22(25)7-8-23(16)27(15-19-4-2-3-18(10-19)14-26)24(28)13-21-12-17-5-6-20(21)11-17/h2-4,7-10,17,20-21H,5-6,11-13,15H2,1H3/t17-,20-,21-/m0/s1. The molecule has 0 radical (unpaired) electrons. The number of amides is 1. The average molecular weight is 376 g/mol. The van der Waals surface area contributed by atoms with Crippen molar-refractivity contribution in [3.63, 3.8) is 0 Å². The van der Waals surface area contributed by atoms with Gasteiger partial charge in [0.15, 0.2) is 0 Å². The molecule has 4 heteroatoms. The number of carbonyl (C=O) groups excluding carboxylic acids is 1. The Balaban J connectivity index is 1.60. The smallest absolute Gasteiger partial charge is 0.227 e. The second-order valence-electron chi connectivity index (χ2n) is 8.36. The lowest BCUT2D eigenvalue weighted by molar-refractivity contribution is -0.120. The first-order valence-corrected chi connectivity index (χ1v) is 10.1. The summed E-state index contributed by atoms with van der Waals surface area (Å²) < 4.78 is 13.6. The largest absolute Gasteiger partial charge is 0.308 e. The third-order valence-corrected chi connectivity index (χ3v) is 6.47. The lowest BCUT2D eigenvalue weighted by atomic mass is 9.86. The van der Waals surface area contributed by atoms with E-state index in [1.165, 1.54) is 31.4 Å². The molecule has 2 bridgehead atoms. The molecule has 2 aliphatic rings. The molecule has 2 saturated carbocycles. The maximum Gasteiger partial charge on any atom is 0.227 e. The van der Waals surface area contributed by atoms with Crippen molar-refractivity contribution in [3.05, 3.63) is 65.0 Å². The van der Waals surface area contributed by atoms with Crippen molar-refractivity contribution < 1.29 is 9.18 Å². The van der Waals surface area contributed by atoms with Gasteiger partial charge >= 0.3 is 0 Å². The van der Waals surface area contributed by atoms with Crippen LogP contribution in [0.15, 0.2) is 42.5 Å². The fourth-order valence-electron chi connectivity index (χ4n) is 5.11. The molecular formula is C24H25FN2O. The van der Waals surface area contributed by atoms with Gasteiger partial charge in [0.05, 0.1) is 18.2 Å². The minimum atomic E-state index is -0.298. The second kappa shape index (κ2) is 7.75. The van der Waals surface area contributed by atoms with Gasteiger partial charge in [-0.25, -0.2) is 4.39 Å². The third-order valence-electron chi connectivity index (χ3n) is 6.47. The minimum Gasteiger partial charge on any atom is -0.308 e. The molecule has 2 aliphatic carbocycles. The molecule has 1 amide bonds. The number of hydrogen-bond donors (Lipinski definition) is 0. The normalized spacial score (nSPS) is 22.8. The molecule has 0 unspecified atom stereocenters. The SMILES string of the molecule is Cc1cc(F)ccc1N(Cc1cccc(C#N)c1)C(=O)C[C@@H]1C[C@H]2CC[C@H]1C2. The van der Waals surface area contributed by atoms with E-state index in [-0.39, 0.29) is 11.7 Å². The second-order valence-corrected chi connectivity index (χ2v) is 8.36. The summed E-state index contributed by atoms with van der Waals surface area (Å²) in [6.45, 7) is 2.23. The highest BCUT2D eigenvalue weighted by molar-refractivity contribution is 5.94. The van der Waals surface area contributed by atoms with Crippen LogP contribution in [0.25, 0.3) is 0 Å². The van der Waals surface area contributed by atoms with Crippen LogP contribution in [-0.4, -0.2) is 5.91 Å². The van der Waals surface area contributed by atoms with Gasteiger partial charge in [-0.1, -0.05) is 18.6 Å². The van der Waals surface area contributed by atoms with Gasteiger partial charge in [-0.05, 0) is 85.4 Å². The van der Waals surface area contributed by atoms with Gasteiger partial charge in [-0.2, -0.15) is 5.26 Å². The predicted octanol–water partition coefficient (Wildman–Crippen LogP) is 5.37. The fraction of sp³-hybridized carbons (Fsp3) is 0.417.